The summed E-state index contributed by atoms with van der Waals surface area (Å²) in [5, 5.41) is 9.11. The normalized spacial score (nSPS) is 32.4. The Hall–Kier alpha value is -0.890. The molecule has 0 aromatic carbocycles. The fourth-order valence-electron chi connectivity index (χ4n) is 2.69. The molecule has 0 radical (unpaired) electrons. The first kappa shape index (κ1) is 14.5. The summed E-state index contributed by atoms with van der Waals surface area (Å²) >= 11 is 0. The maximum Gasteiger partial charge on any atom is 0.227 e. The number of nitrogens with zero attached hydrogens (tertiary/aromatic N) is 2. The minimum absolute atomic E-state index is 0.00847. The summed E-state index contributed by atoms with van der Waals surface area (Å²) in [4.78, 5) is 14.2. The fraction of sp³-hybridized carbons (Fsp3) is 0.857. The third-order valence-electron chi connectivity index (χ3n) is 4.01. The second-order valence-corrected chi connectivity index (χ2v) is 8.96. The van der Waals surface area contributed by atoms with Crippen LogP contribution in [0.5, 0.6) is 0 Å². The molecule has 0 N–H and O–H groups in total. The summed E-state index contributed by atoms with van der Waals surface area (Å²) < 4.78 is 11.8. The molecule has 0 bridgehead atoms. The molecule has 19 heavy (non-hydrogen) atoms. The number of carbonyl (C=O) groups excluding carboxylic acids is 1. The minimum Gasteiger partial charge on any atom is -0.323 e. The van der Waals surface area contributed by atoms with E-state index in [0.29, 0.717) is 11.7 Å². The summed E-state index contributed by atoms with van der Waals surface area (Å²) in [6, 6.07) is 2.24. The second kappa shape index (κ2) is 4.90. The van der Waals surface area contributed by atoms with E-state index in [1.807, 2.05) is 27.7 Å². The van der Waals surface area contributed by atoms with Gasteiger partial charge in [-0.3, -0.25) is 9.00 Å². The van der Waals surface area contributed by atoms with E-state index in [9.17, 15) is 9.00 Å². The van der Waals surface area contributed by atoms with Crippen LogP contribution in [0.1, 0.15) is 40.5 Å². The topological polar surface area (TPSA) is 61.2 Å². The van der Waals surface area contributed by atoms with Gasteiger partial charge in [0.1, 0.15) is 6.04 Å². The zero-order chi connectivity index (χ0) is 14.4. The predicted molar refractivity (Wildman–Crippen MR) is 74.7 cm³/mol. The molecule has 0 aromatic rings. The van der Waals surface area contributed by atoms with Crippen LogP contribution in [0.2, 0.25) is 0 Å². The lowest BCUT2D eigenvalue weighted by molar-refractivity contribution is -0.135. The van der Waals surface area contributed by atoms with Crippen molar-refractivity contribution in [1.82, 2.24) is 4.90 Å². The van der Waals surface area contributed by atoms with Crippen LogP contribution in [-0.4, -0.2) is 37.6 Å². The third-order valence-corrected chi connectivity index (χ3v) is 6.18. The lowest BCUT2D eigenvalue weighted by Crippen LogP contribution is -2.43. The molecule has 0 aromatic heterocycles. The van der Waals surface area contributed by atoms with Gasteiger partial charge in [-0.2, -0.15) is 5.26 Å². The summed E-state index contributed by atoms with van der Waals surface area (Å²) in [5.41, 5.74) is 0. The van der Waals surface area contributed by atoms with Gasteiger partial charge >= 0.3 is 0 Å². The van der Waals surface area contributed by atoms with Gasteiger partial charge in [-0.25, -0.2) is 0 Å². The molecule has 1 amide bonds. The van der Waals surface area contributed by atoms with Crippen molar-refractivity contribution in [1.29, 1.82) is 5.26 Å². The monoisotopic (exact) mass is 282 g/mol. The number of amides is 1. The summed E-state index contributed by atoms with van der Waals surface area (Å²) in [6.45, 7) is 7.59. The van der Waals surface area contributed by atoms with E-state index < -0.39 is 10.8 Å². The number of nitriles is 1. The Morgan fingerprint density at radius 1 is 1.47 bits per heavy atom. The molecular formula is C14H22N2O2S. The van der Waals surface area contributed by atoms with Crippen molar-refractivity contribution < 1.29 is 9.00 Å². The van der Waals surface area contributed by atoms with E-state index >= 15 is 0 Å². The van der Waals surface area contributed by atoms with Crippen molar-refractivity contribution in [3.05, 3.63) is 0 Å². The largest absolute Gasteiger partial charge is 0.323 e. The van der Waals surface area contributed by atoms with Gasteiger partial charge < -0.3 is 4.90 Å². The van der Waals surface area contributed by atoms with Crippen LogP contribution in [0.3, 0.4) is 0 Å². The van der Waals surface area contributed by atoms with E-state index in [1.165, 1.54) is 0 Å². The lowest BCUT2D eigenvalue weighted by atomic mass is 10.1. The molecule has 1 heterocycles. The second-order valence-electron chi connectivity index (χ2n) is 6.71. The van der Waals surface area contributed by atoms with Crippen molar-refractivity contribution >= 4 is 16.7 Å². The van der Waals surface area contributed by atoms with Gasteiger partial charge in [0, 0.05) is 33.3 Å². The standard InChI is InChI=1S/C14H22N2O2S/c1-9(8-19(18)14(2,3)4)13(17)16-11(7-15)5-10-6-12(10)16/h9-12H,5-6,8H2,1-4H3/t9?,10-,11?,12+,19?/m1/s1. The zero-order valence-electron chi connectivity index (χ0n) is 12.0. The Morgan fingerprint density at radius 2 is 2.11 bits per heavy atom. The van der Waals surface area contributed by atoms with Crippen molar-refractivity contribution in [3.63, 3.8) is 0 Å². The highest BCUT2D eigenvalue weighted by Gasteiger charge is 2.54. The Bertz CT molecular complexity index is 449. The Morgan fingerprint density at radius 3 is 2.63 bits per heavy atom. The van der Waals surface area contributed by atoms with Crippen molar-refractivity contribution in [2.24, 2.45) is 11.8 Å². The Labute approximate surface area is 117 Å². The van der Waals surface area contributed by atoms with Crippen molar-refractivity contribution in [2.45, 2.75) is 57.4 Å². The number of hydrogen-bond donors (Lipinski definition) is 0. The Kier molecular flexibility index (Phi) is 3.74. The van der Waals surface area contributed by atoms with Crippen LogP contribution in [0.4, 0.5) is 0 Å². The first-order chi connectivity index (χ1) is 8.75. The molecular weight excluding hydrogens is 260 g/mol. The van der Waals surface area contributed by atoms with Gasteiger partial charge in [0.2, 0.25) is 5.91 Å². The molecule has 2 rings (SSSR count). The Balaban J connectivity index is 2.00. The van der Waals surface area contributed by atoms with E-state index in [-0.39, 0.29) is 28.7 Å². The third kappa shape index (κ3) is 2.84. The highest BCUT2D eigenvalue weighted by atomic mass is 32.2. The number of likely N-dealkylation sites (tertiary alicyclic amines) is 1. The average Bonchev–Trinajstić information content (AvgIpc) is 2.98. The molecule has 2 aliphatic rings. The molecule has 5 atom stereocenters. The number of fused-ring (bicyclic) bond motifs is 1. The molecule has 1 saturated carbocycles. The molecule has 3 unspecified atom stereocenters. The lowest BCUT2D eigenvalue weighted by Gasteiger charge is -2.27. The van der Waals surface area contributed by atoms with Crippen LogP contribution in [0.15, 0.2) is 0 Å². The van der Waals surface area contributed by atoms with Crippen molar-refractivity contribution in [3.8, 4) is 6.07 Å². The van der Waals surface area contributed by atoms with Gasteiger partial charge in [-0.15, -0.1) is 0 Å². The number of carbonyl (C=O) groups is 1. The van der Waals surface area contributed by atoms with Crippen LogP contribution < -0.4 is 0 Å². The molecule has 106 valence electrons. The zero-order valence-corrected chi connectivity index (χ0v) is 12.9. The SMILES string of the molecule is CC(CS(=O)C(C)(C)C)C(=O)N1C(C#N)C[C@@H]2C[C@@H]21. The van der Waals surface area contributed by atoms with Crippen LogP contribution in [0, 0.1) is 23.2 Å². The molecule has 5 heteroatoms. The van der Waals surface area contributed by atoms with Crippen LogP contribution >= 0.6 is 0 Å². The molecule has 0 spiro atoms. The molecule has 2 fully saturated rings. The van der Waals surface area contributed by atoms with Gasteiger partial charge in [-0.1, -0.05) is 6.92 Å². The highest BCUT2D eigenvalue weighted by molar-refractivity contribution is 7.86. The number of rotatable bonds is 3. The minimum atomic E-state index is -1.03. The molecule has 4 nitrogen and oxygen atoms in total. The summed E-state index contributed by atoms with van der Waals surface area (Å²) in [5.74, 6) is 0.660. The average molecular weight is 282 g/mol. The fourth-order valence-corrected chi connectivity index (χ4v) is 3.79. The summed E-state index contributed by atoms with van der Waals surface area (Å²) in [6.07, 6.45) is 1.86. The number of hydrogen-bond acceptors (Lipinski definition) is 3. The smallest absolute Gasteiger partial charge is 0.227 e. The van der Waals surface area contributed by atoms with E-state index in [2.05, 4.69) is 6.07 Å². The molecule has 1 aliphatic heterocycles. The predicted octanol–water partition coefficient (Wildman–Crippen LogP) is 1.68. The first-order valence-corrected chi connectivity index (χ1v) is 8.18. The maximum atomic E-state index is 12.5. The highest BCUT2D eigenvalue weighted by Crippen LogP contribution is 2.48. The van der Waals surface area contributed by atoms with Crippen molar-refractivity contribution in [2.75, 3.05) is 5.75 Å². The molecule has 1 aliphatic carbocycles. The van der Waals surface area contributed by atoms with Gasteiger partial charge in [0.15, 0.2) is 0 Å². The van der Waals surface area contributed by atoms with Gasteiger partial charge in [-0.05, 0) is 39.5 Å². The number of piperidine rings is 1. The quantitative estimate of drug-likeness (QED) is 0.791. The maximum absolute atomic E-state index is 12.5. The van der Waals surface area contributed by atoms with Gasteiger partial charge in [0.25, 0.3) is 0 Å². The van der Waals surface area contributed by atoms with Crippen LogP contribution in [0.25, 0.3) is 0 Å². The van der Waals surface area contributed by atoms with Crippen LogP contribution in [-0.2, 0) is 15.6 Å². The molecule has 1 saturated heterocycles. The first-order valence-electron chi connectivity index (χ1n) is 6.86. The van der Waals surface area contributed by atoms with E-state index in [4.69, 9.17) is 5.26 Å². The summed E-state index contributed by atoms with van der Waals surface area (Å²) in [7, 11) is -1.03. The van der Waals surface area contributed by atoms with E-state index in [1.54, 1.807) is 4.90 Å². The van der Waals surface area contributed by atoms with E-state index in [0.717, 1.165) is 12.8 Å². The van der Waals surface area contributed by atoms with Gasteiger partial charge in [0.05, 0.1) is 6.07 Å².